The molecular formula is C19H24FN3O2. The normalized spacial score (nSPS) is 21.6. The van der Waals surface area contributed by atoms with E-state index in [1.807, 2.05) is 30.3 Å². The van der Waals surface area contributed by atoms with Gasteiger partial charge in [0.25, 0.3) is 0 Å². The summed E-state index contributed by atoms with van der Waals surface area (Å²) in [5.74, 6) is 1.62. The number of ether oxygens (including phenoxy) is 2. The lowest BCUT2D eigenvalue weighted by Crippen LogP contribution is -2.50. The zero-order valence-electron chi connectivity index (χ0n) is 14.6. The molecular weight excluding hydrogens is 321 g/mol. The van der Waals surface area contributed by atoms with Gasteiger partial charge in [-0.05, 0) is 44.2 Å². The minimum absolute atomic E-state index is 0.144. The van der Waals surface area contributed by atoms with E-state index in [9.17, 15) is 4.39 Å². The highest BCUT2D eigenvalue weighted by molar-refractivity contribution is 5.82. The maximum Gasteiger partial charge on any atom is 0.129 e. The molecule has 2 aromatic rings. The molecule has 1 aliphatic rings. The summed E-state index contributed by atoms with van der Waals surface area (Å²) in [6.07, 6.45) is 0.500. The summed E-state index contributed by atoms with van der Waals surface area (Å²) in [4.78, 5) is 7.09. The molecule has 0 aliphatic carbocycles. The number of fused-ring (bicyclic) bond motifs is 1. The van der Waals surface area contributed by atoms with E-state index in [0.29, 0.717) is 42.9 Å². The van der Waals surface area contributed by atoms with Crippen molar-refractivity contribution >= 4 is 16.7 Å². The molecule has 0 amide bonds. The number of aromatic nitrogens is 1. The molecule has 0 radical (unpaired) electrons. The van der Waals surface area contributed by atoms with Gasteiger partial charge in [-0.25, -0.2) is 9.37 Å². The Bertz CT molecular complexity index is 755. The minimum Gasteiger partial charge on any atom is -0.489 e. The summed E-state index contributed by atoms with van der Waals surface area (Å²) in [7, 11) is 0. The third-order valence-corrected chi connectivity index (χ3v) is 4.42. The van der Waals surface area contributed by atoms with Gasteiger partial charge in [0.2, 0.25) is 0 Å². The molecule has 2 atom stereocenters. The van der Waals surface area contributed by atoms with Crippen LogP contribution in [0.1, 0.15) is 13.8 Å². The predicted molar refractivity (Wildman–Crippen MR) is 97.7 cm³/mol. The Labute approximate surface area is 147 Å². The highest BCUT2D eigenvalue weighted by atomic mass is 19.1. The highest BCUT2D eigenvalue weighted by Crippen LogP contribution is 2.26. The van der Waals surface area contributed by atoms with Gasteiger partial charge in [0.15, 0.2) is 0 Å². The van der Waals surface area contributed by atoms with Gasteiger partial charge in [-0.3, -0.25) is 0 Å². The van der Waals surface area contributed by atoms with Crippen molar-refractivity contribution in [3.8, 4) is 5.75 Å². The van der Waals surface area contributed by atoms with Crippen LogP contribution >= 0.6 is 0 Å². The fraction of sp³-hybridized carbons (Fsp3) is 0.421. The standard InChI is InChI=1S/C19H24FN3O2/c1-13-10-24-11-14(2)23(13)19-6-3-16-7-17(4-5-18(16)22-19)25-12-15(8-20)9-21/h3-8,13-14H,9-12,21H2,1-2H3/b15-8+. The molecule has 5 nitrogen and oxygen atoms in total. The zero-order valence-corrected chi connectivity index (χ0v) is 14.6. The van der Waals surface area contributed by atoms with Gasteiger partial charge in [0.1, 0.15) is 18.2 Å². The van der Waals surface area contributed by atoms with Gasteiger partial charge in [-0.2, -0.15) is 0 Å². The Morgan fingerprint density at radius 1 is 1.32 bits per heavy atom. The van der Waals surface area contributed by atoms with Crippen LogP contribution in [0, 0.1) is 0 Å². The number of hydrogen-bond acceptors (Lipinski definition) is 5. The van der Waals surface area contributed by atoms with E-state index in [0.717, 1.165) is 16.7 Å². The lowest BCUT2D eigenvalue weighted by Gasteiger charge is -2.39. The molecule has 2 heterocycles. The molecule has 6 heteroatoms. The van der Waals surface area contributed by atoms with Crippen LogP contribution in [0.5, 0.6) is 5.75 Å². The smallest absolute Gasteiger partial charge is 0.129 e. The molecule has 134 valence electrons. The average molecular weight is 345 g/mol. The third kappa shape index (κ3) is 3.91. The van der Waals surface area contributed by atoms with Crippen LogP contribution in [0.2, 0.25) is 0 Å². The van der Waals surface area contributed by atoms with Crippen LogP contribution < -0.4 is 15.4 Å². The molecule has 0 bridgehead atoms. The number of pyridine rings is 1. The van der Waals surface area contributed by atoms with Crippen molar-refractivity contribution in [1.29, 1.82) is 0 Å². The van der Waals surface area contributed by atoms with Gasteiger partial charge in [0.05, 0.1) is 37.1 Å². The van der Waals surface area contributed by atoms with Crippen LogP contribution in [0.15, 0.2) is 42.2 Å². The van der Waals surface area contributed by atoms with E-state index in [1.165, 1.54) is 0 Å². The molecule has 1 aromatic heterocycles. The molecule has 0 spiro atoms. The summed E-state index contributed by atoms with van der Waals surface area (Å²) < 4.78 is 23.7. The van der Waals surface area contributed by atoms with E-state index in [1.54, 1.807) is 0 Å². The molecule has 1 saturated heterocycles. The molecule has 2 unspecified atom stereocenters. The summed E-state index contributed by atoms with van der Waals surface area (Å²) in [6, 6.07) is 10.3. The van der Waals surface area contributed by atoms with E-state index >= 15 is 0 Å². The Balaban J connectivity index is 1.81. The van der Waals surface area contributed by atoms with Gasteiger partial charge >= 0.3 is 0 Å². The van der Waals surface area contributed by atoms with Crippen molar-refractivity contribution in [2.24, 2.45) is 5.73 Å². The van der Waals surface area contributed by atoms with Crippen molar-refractivity contribution in [2.75, 3.05) is 31.3 Å². The maximum atomic E-state index is 12.6. The Morgan fingerprint density at radius 2 is 2.08 bits per heavy atom. The van der Waals surface area contributed by atoms with E-state index in [4.69, 9.17) is 20.2 Å². The van der Waals surface area contributed by atoms with Crippen molar-refractivity contribution in [3.63, 3.8) is 0 Å². The fourth-order valence-electron chi connectivity index (χ4n) is 3.09. The first kappa shape index (κ1) is 17.6. The number of benzene rings is 1. The number of nitrogens with zero attached hydrogens (tertiary/aromatic N) is 2. The quantitative estimate of drug-likeness (QED) is 0.902. The lowest BCUT2D eigenvalue weighted by molar-refractivity contribution is 0.0752. The number of nitrogens with two attached hydrogens (primary N) is 1. The van der Waals surface area contributed by atoms with Gasteiger partial charge < -0.3 is 20.1 Å². The number of hydrogen-bond donors (Lipinski definition) is 1. The summed E-state index contributed by atoms with van der Waals surface area (Å²) in [5.41, 5.74) is 6.76. The van der Waals surface area contributed by atoms with Crippen LogP contribution in [0.25, 0.3) is 10.9 Å². The van der Waals surface area contributed by atoms with Crippen molar-refractivity contribution < 1.29 is 13.9 Å². The molecule has 1 aromatic carbocycles. The van der Waals surface area contributed by atoms with E-state index in [-0.39, 0.29) is 13.2 Å². The largest absolute Gasteiger partial charge is 0.489 e. The Morgan fingerprint density at radius 3 is 2.76 bits per heavy atom. The van der Waals surface area contributed by atoms with Gasteiger partial charge in [-0.1, -0.05) is 0 Å². The van der Waals surface area contributed by atoms with Crippen molar-refractivity contribution in [3.05, 3.63) is 42.2 Å². The molecule has 3 rings (SSSR count). The Hall–Kier alpha value is -2.18. The van der Waals surface area contributed by atoms with E-state index < -0.39 is 0 Å². The first-order valence-electron chi connectivity index (χ1n) is 8.50. The average Bonchev–Trinajstić information content (AvgIpc) is 2.62. The molecule has 0 saturated carbocycles. The maximum absolute atomic E-state index is 12.6. The summed E-state index contributed by atoms with van der Waals surface area (Å²) in [5, 5.41) is 0.980. The molecule has 25 heavy (non-hydrogen) atoms. The monoisotopic (exact) mass is 345 g/mol. The Kier molecular flexibility index (Phi) is 5.50. The number of morpholine rings is 1. The van der Waals surface area contributed by atoms with Crippen LogP contribution in [0.4, 0.5) is 10.2 Å². The summed E-state index contributed by atoms with van der Waals surface area (Å²) >= 11 is 0. The fourth-order valence-corrected chi connectivity index (χ4v) is 3.09. The second-order valence-electron chi connectivity index (χ2n) is 6.43. The highest BCUT2D eigenvalue weighted by Gasteiger charge is 2.26. The second-order valence-corrected chi connectivity index (χ2v) is 6.43. The number of halogens is 1. The topological polar surface area (TPSA) is 60.6 Å². The van der Waals surface area contributed by atoms with Gasteiger partial charge in [-0.15, -0.1) is 0 Å². The lowest BCUT2D eigenvalue weighted by atomic mass is 10.1. The van der Waals surface area contributed by atoms with Crippen molar-refractivity contribution in [1.82, 2.24) is 4.98 Å². The second kappa shape index (κ2) is 7.80. The first-order chi connectivity index (χ1) is 12.1. The van der Waals surface area contributed by atoms with Crippen LogP contribution in [-0.2, 0) is 4.74 Å². The number of anilines is 1. The van der Waals surface area contributed by atoms with Crippen LogP contribution in [0.3, 0.4) is 0 Å². The van der Waals surface area contributed by atoms with Crippen molar-refractivity contribution in [2.45, 2.75) is 25.9 Å². The summed E-state index contributed by atoms with van der Waals surface area (Å²) in [6.45, 7) is 6.00. The predicted octanol–water partition coefficient (Wildman–Crippen LogP) is 3.04. The van der Waals surface area contributed by atoms with E-state index in [2.05, 4.69) is 18.7 Å². The zero-order chi connectivity index (χ0) is 17.8. The van der Waals surface area contributed by atoms with Crippen LogP contribution in [-0.4, -0.2) is 43.4 Å². The molecule has 2 N–H and O–H groups in total. The molecule has 1 aliphatic heterocycles. The molecule has 1 fully saturated rings. The third-order valence-electron chi connectivity index (χ3n) is 4.42. The number of rotatable bonds is 5. The SMILES string of the molecule is CC1COCC(C)N1c1ccc2cc(OC/C(=C/F)CN)ccc2n1. The first-order valence-corrected chi connectivity index (χ1v) is 8.50. The van der Waals surface area contributed by atoms with Gasteiger partial charge in [0, 0.05) is 17.5 Å². The minimum atomic E-state index is 0.144.